The molecule has 4 aromatic rings. The summed E-state index contributed by atoms with van der Waals surface area (Å²) in [5.41, 5.74) is 0.376. The Bertz CT molecular complexity index is 1730. The topological polar surface area (TPSA) is 93.1 Å². The lowest BCUT2D eigenvalue weighted by Crippen LogP contribution is -2.60. The van der Waals surface area contributed by atoms with E-state index >= 15 is 8.78 Å². The zero-order valence-corrected chi connectivity index (χ0v) is 25.1. The summed E-state index contributed by atoms with van der Waals surface area (Å²) in [6, 6.07) is 11.0. The molecule has 8 rings (SSSR count). The molecule has 1 saturated carbocycles. The highest BCUT2D eigenvalue weighted by Crippen LogP contribution is 2.49. The maximum Gasteiger partial charge on any atom is 0.319 e. The van der Waals surface area contributed by atoms with Crippen LogP contribution in [-0.2, 0) is 9.47 Å². The summed E-state index contributed by atoms with van der Waals surface area (Å²) < 4.78 is 49.3. The summed E-state index contributed by atoms with van der Waals surface area (Å²) in [6.07, 6.45) is 6.28. The van der Waals surface area contributed by atoms with Crippen LogP contribution in [0.4, 0.5) is 14.6 Å². The van der Waals surface area contributed by atoms with Gasteiger partial charge in [0.25, 0.3) is 0 Å². The predicted octanol–water partition coefficient (Wildman–Crippen LogP) is 4.73. The first-order valence-corrected chi connectivity index (χ1v) is 16.0. The quantitative estimate of drug-likeness (QED) is 0.330. The number of likely N-dealkylation sites (tertiary alicyclic amines) is 1. The van der Waals surface area contributed by atoms with Gasteiger partial charge in [0, 0.05) is 41.7 Å². The van der Waals surface area contributed by atoms with E-state index in [1.807, 2.05) is 4.90 Å². The smallest absolute Gasteiger partial charge is 0.319 e. The first-order valence-electron chi connectivity index (χ1n) is 16.0. The van der Waals surface area contributed by atoms with Crippen LogP contribution in [-0.4, -0.2) is 95.8 Å². The number of hydrogen-bond acceptors (Lipinski definition) is 9. The van der Waals surface area contributed by atoms with E-state index in [0.29, 0.717) is 59.4 Å². The lowest BCUT2D eigenvalue weighted by molar-refractivity contribution is -0.115. The van der Waals surface area contributed by atoms with E-state index in [9.17, 15) is 5.11 Å². The number of aromatic nitrogens is 3. The monoisotopic (exact) mass is 617 g/mol. The van der Waals surface area contributed by atoms with Crippen LogP contribution >= 0.6 is 0 Å². The fraction of sp³-hybridized carbons (Fsp3) is 0.500. The van der Waals surface area contributed by atoms with Crippen molar-refractivity contribution in [1.29, 1.82) is 0 Å². The molecule has 4 fully saturated rings. The van der Waals surface area contributed by atoms with Crippen molar-refractivity contribution in [2.75, 3.05) is 57.6 Å². The number of β-amino-alcohol motifs (C(OH)–C–C–N with tert-alkyl or cyclic N) is 1. The van der Waals surface area contributed by atoms with E-state index in [1.54, 1.807) is 30.3 Å². The molecule has 0 amide bonds. The number of aliphatic hydroxyl groups excluding tert-OH is 1. The number of nitrogens with zero attached hydrogens (tertiary/aromatic N) is 5. The molecule has 11 heteroatoms. The second-order valence-electron chi connectivity index (χ2n) is 12.9. The van der Waals surface area contributed by atoms with Crippen molar-refractivity contribution >= 4 is 27.5 Å². The van der Waals surface area contributed by atoms with Gasteiger partial charge in [0.15, 0.2) is 5.82 Å². The molecule has 3 saturated heterocycles. The molecule has 236 valence electrons. The molecular formula is C34H37F2N5O4. The number of pyridine rings is 1. The lowest BCUT2D eigenvalue weighted by atomic mass is 9.75. The van der Waals surface area contributed by atoms with Gasteiger partial charge >= 0.3 is 6.01 Å². The fourth-order valence-corrected chi connectivity index (χ4v) is 7.99. The van der Waals surface area contributed by atoms with Crippen LogP contribution in [0.2, 0.25) is 0 Å². The number of rotatable bonds is 6. The zero-order valence-electron chi connectivity index (χ0n) is 25.1. The van der Waals surface area contributed by atoms with E-state index in [4.69, 9.17) is 19.2 Å². The molecular weight excluding hydrogens is 580 g/mol. The molecule has 2 aromatic carbocycles. The van der Waals surface area contributed by atoms with Crippen LogP contribution < -0.4 is 9.64 Å². The summed E-state index contributed by atoms with van der Waals surface area (Å²) in [5.74, 6) is -0.691. The average Bonchev–Trinajstić information content (AvgIpc) is 3.34. The number of halogens is 2. The van der Waals surface area contributed by atoms with Crippen molar-refractivity contribution < 1.29 is 28.1 Å². The van der Waals surface area contributed by atoms with Crippen molar-refractivity contribution in [3.63, 3.8) is 0 Å². The SMILES string of the molecule is OC1COCCN(c2nc(OCC34CCCC3N(C3COC3)CCC4)nc3c(F)c(-c4cccc5cccc(F)c45)ncc23)C1. The second kappa shape index (κ2) is 11.7. The third kappa shape index (κ3) is 5.10. The van der Waals surface area contributed by atoms with Crippen molar-refractivity contribution in [3.05, 3.63) is 54.2 Å². The summed E-state index contributed by atoms with van der Waals surface area (Å²) in [5, 5.41) is 11.9. The number of ether oxygens (including phenoxy) is 3. The van der Waals surface area contributed by atoms with E-state index in [1.165, 1.54) is 12.3 Å². The largest absolute Gasteiger partial charge is 0.463 e. The minimum absolute atomic E-state index is 0.00752. The minimum atomic E-state index is -0.737. The van der Waals surface area contributed by atoms with Gasteiger partial charge in [-0.1, -0.05) is 36.8 Å². The van der Waals surface area contributed by atoms with Gasteiger partial charge in [-0.05, 0) is 43.7 Å². The Hall–Kier alpha value is -3.51. The first kappa shape index (κ1) is 28.9. The Morgan fingerprint density at radius 3 is 2.69 bits per heavy atom. The molecule has 1 N–H and O–H groups in total. The molecule has 0 bridgehead atoms. The summed E-state index contributed by atoms with van der Waals surface area (Å²) in [6.45, 7) is 4.38. The van der Waals surface area contributed by atoms with Crippen LogP contribution in [0.1, 0.15) is 32.1 Å². The minimum Gasteiger partial charge on any atom is -0.463 e. The van der Waals surface area contributed by atoms with Gasteiger partial charge in [0.05, 0.1) is 50.6 Å². The van der Waals surface area contributed by atoms with Gasteiger partial charge in [-0.3, -0.25) is 9.88 Å². The third-order valence-corrected chi connectivity index (χ3v) is 10.2. The third-order valence-electron chi connectivity index (χ3n) is 10.2. The molecule has 3 unspecified atom stereocenters. The molecule has 0 spiro atoms. The van der Waals surface area contributed by atoms with Gasteiger partial charge in [0.2, 0.25) is 0 Å². The molecule has 45 heavy (non-hydrogen) atoms. The van der Waals surface area contributed by atoms with Gasteiger partial charge in [-0.15, -0.1) is 0 Å². The molecule has 3 atom stereocenters. The highest BCUT2D eigenvalue weighted by atomic mass is 19.1. The highest BCUT2D eigenvalue weighted by molar-refractivity contribution is 5.99. The average molecular weight is 618 g/mol. The fourth-order valence-electron chi connectivity index (χ4n) is 7.99. The van der Waals surface area contributed by atoms with Crippen molar-refractivity contribution in [2.45, 2.75) is 50.3 Å². The number of piperidine rings is 1. The van der Waals surface area contributed by atoms with Crippen LogP contribution in [0.25, 0.3) is 32.9 Å². The van der Waals surface area contributed by atoms with E-state index in [2.05, 4.69) is 14.9 Å². The summed E-state index contributed by atoms with van der Waals surface area (Å²) >= 11 is 0. The van der Waals surface area contributed by atoms with E-state index < -0.39 is 17.7 Å². The van der Waals surface area contributed by atoms with Crippen LogP contribution in [0, 0.1) is 17.0 Å². The van der Waals surface area contributed by atoms with Gasteiger partial charge in [-0.2, -0.15) is 9.97 Å². The Morgan fingerprint density at radius 1 is 1.00 bits per heavy atom. The second-order valence-corrected chi connectivity index (χ2v) is 12.9. The zero-order chi connectivity index (χ0) is 30.5. The maximum absolute atomic E-state index is 16.7. The van der Waals surface area contributed by atoms with Crippen LogP contribution in [0.5, 0.6) is 6.01 Å². The molecule has 1 aliphatic carbocycles. The number of benzene rings is 2. The number of aliphatic hydroxyl groups is 1. The predicted molar refractivity (Wildman–Crippen MR) is 165 cm³/mol. The van der Waals surface area contributed by atoms with Gasteiger partial charge < -0.3 is 24.2 Å². The highest BCUT2D eigenvalue weighted by Gasteiger charge is 2.51. The molecule has 9 nitrogen and oxygen atoms in total. The number of fused-ring (bicyclic) bond motifs is 3. The molecule has 3 aliphatic heterocycles. The van der Waals surface area contributed by atoms with Crippen LogP contribution in [0.3, 0.4) is 0 Å². The molecule has 4 aliphatic rings. The normalized spacial score (nSPS) is 26.2. The molecule has 2 aromatic heterocycles. The summed E-state index contributed by atoms with van der Waals surface area (Å²) in [7, 11) is 0. The Balaban J connectivity index is 1.21. The molecule has 5 heterocycles. The molecule has 0 radical (unpaired) electrons. The summed E-state index contributed by atoms with van der Waals surface area (Å²) in [4.78, 5) is 18.4. The standard InChI is InChI=1S/C34H37F2N5O4/c35-26-8-2-6-21-5-1-7-24(28(21)26)30-29(36)31-25(15-37-30)32(40-13-14-43-19-23(42)16-40)39-33(38-31)45-20-34-10-3-9-27(34)41(12-4-11-34)22-17-44-18-22/h1-2,5-8,15,22-23,27,42H,3-4,9-14,16-20H2. The van der Waals surface area contributed by atoms with E-state index in [0.717, 1.165) is 51.9 Å². The van der Waals surface area contributed by atoms with Crippen molar-refractivity contribution in [3.8, 4) is 17.3 Å². The first-order chi connectivity index (χ1) is 22.0. The van der Waals surface area contributed by atoms with Gasteiger partial charge in [0.1, 0.15) is 22.8 Å². The van der Waals surface area contributed by atoms with Crippen molar-refractivity contribution in [2.24, 2.45) is 5.41 Å². The van der Waals surface area contributed by atoms with E-state index in [-0.39, 0.29) is 35.8 Å². The van der Waals surface area contributed by atoms with Crippen LogP contribution in [0.15, 0.2) is 42.6 Å². The van der Waals surface area contributed by atoms with Crippen molar-refractivity contribution in [1.82, 2.24) is 19.9 Å². The van der Waals surface area contributed by atoms with Gasteiger partial charge in [-0.25, -0.2) is 8.78 Å². The number of anilines is 1. The Morgan fingerprint density at radius 2 is 1.84 bits per heavy atom. The number of hydrogen-bond donors (Lipinski definition) is 1. The Labute approximate surface area is 260 Å². The lowest BCUT2D eigenvalue weighted by Gasteiger charge is -2.51. The Kier molecular flexibility index (Phi) is 7.52. The maximum atomic E-state index is 16.7.